The minimum atomic E-state index is -0.364. The summed E-state index contributed by atoms with van der Waals surface area (Å²) in [5, 5.41) is 4.31. The highest BCUT2D eigenvalue weighted by Crippen LogP contribution is 2.74. The van der Waals surface area contributed by atoms with Crippen molar-refractivity contribution in [2.75, 3.05) is 6.61 Å². The van der Waals surface area contributed by atoms with Crippen LogP contribution in [0.15, 0.2) is 12.4 Å². The van der Waals surface area contributed by atoms with Crippen LogP contribution in [-0.4, -0.2) is 28.1 Å². The molecule has 0 aliphatic heterocycles. The van der Waals surface area contributed by atoms with Crippen molar-refractivity contribution in [3.05, 3.63) is 18.0 Å². The molecule has 5 aliphatic carbocycles. The Bertz CT molecular complexity index is 939. The first-order valence-corrected chi connectivity index (χ1v) is 13.6. The standard InChI is InChI=1S/C28H40N2O3/c1-4-33-27(32)18-13-29-30(14-18)15-24(31)26-23-12-22(23)25-21-8-6-17-11-16(2)5-7-19(17)20(21)9-10-28(25,26)3/h13-14,16-17,19-23,25-26H,4-12,15H2,1-3H3/t16-,17+,19-,20?,21+,22+,23-,25?,26+,28-/m0/s1. The average Bonchev–Trinajstić information content (AvgIpc) is 3.28. The summed E-state index contributed by atoms with van der Waals surface area (Å²) in [6, 6.07) is 0. The molecule has 2 unspecified atom stereocenters. The largest absolute Gasteiger partial charge is 0.462 e. The molecule has 5 aliphatic rings. The van der Waals surface area contributed by atoms with E-state index in [1.807, 2.05) is 0 Å². The highest BCUT2D eigenvalue weighted by Gasteiger charge is 2.70. The lowest BCUT2D eigenvalue weighted by Crippen LogP contribution is -2.51. The van der Waals surface area contributed by atoms with Gasteiger partial charge in [0.05, 0.1) is 24.9 Å². The Hall–Kier alpha value is -1.65. The zero-order valence-electron chi connectivity index (χ0n) is 20.5. The summed E-state index contributed by atoms with van der Waals surface area (Å²) in [5.41, 5.74) is 0.598. The fourth-order valence-electron chi connectivity index (χ4n) is 9.69. The second-order valence-electron chi connectivity index (χ2n) is 12.5. The number of aromatic nitrogens is 2. The van der Waals surface area contributed by atoms with Gasteiger partial charge in [0.2, 0.25) is 0 Å². The Labute approximate surface area is 198 Å². The van der Waals surface area contributed by atoms with E-state index in [-0.39, 0.29) is 23.8 Å². The topological polar surface area (TPSA) is 61.2 Å². The quantitative estimate of drug-likeness (QED) is 0.562. The van der Waals surface area contributed by atoms with Crippen molar-refractivity contribution in [2.45, 2.75) is 78.7 Å². The predicted octanol–water partition coefficient (Wildman–Crippen LogP) is 5.39. The van der Waals surface area contributed by atoms with Crippen molar-refractivity contribution in [1.29, 1.82) is 0 Å². The molecule has 0 radical (unpaired) electrons. The third-order valence-corrected chi connectivity index (χ3v) is 10.8. The molecule has 5 heteroatoms. The summed E-state index contributed by atoms with van der Waals surface area (Å²) in [5.74, 6) is 6.90. The number of carbonyl (C=O) groups excluding carboxylic acids is 2. The van der Waals surface area contributed by atoms with E-state index >= 15 is 0 Å². The van der Waals surface area contributed by atoms with E-state index in [2.05, 4.69) is 18.9 Å². The SMILES string of the molecule is CCOC(=O)c1cnn(CC(=O)[C@H]2[C@H]3C[C@H]3C3[C@@H]4CC[C@@H]5C[C@@H](C)CC[C@@H]5C4CC[C@@]32C)c1. The Kier molecular flexibility index (Phi) is 5.26. The van der Waals surface area contributed by atoms with Crippen LogP contribution in [0.25, 0.3) is 0 Å². The number of hydrogen-bond donors (Lipinski definition) is 0. The van der Waals surface area contributed by atoms with Crippen LogP contribution in [0.4, 0.5) is 0 Å². The molecule has 5 fully saturated rings. The zero-order valence-corrected chi connectivity index (χ0v) is 20.5. The molecule has 1 aromatic rings. The van der Waals surface area contributed by atoms with Crippen LogP contribution in [0.3, 0.4) is 0 Å². The summed E-state index contributed by atoms with van der Waals surface area (Å²) in [6.07, 6.45) is 14.2. The third-order valence-electron chi connectivity index (χ3n) is 10.8. The van der Waals surface area contributed by atoms with Gasteiger partial charge in [-0.05, 0) is 105 Å². The lowest BCUT2D eigenvalue weighted by atomic mass is 9.48. The van der Waals surface area contributed by atoms with Gasteiger partial charge in [0, 0.05) is 12.1 Å². The second-order valence-corrected chi connectivity index (χ2v) is 12.5. The molecule has 1 aromatic heterocycles. The first-order chi connectivity index (χ1) is 15.9. The van der Waals surface area contributed by atoms with Crippen LogP contribution in [0.5, 0.6) is 0 Å². The maximum absolute atomic E-state index is 13.7. The minimum Gasteiger partial charge on any atom is -0.462 e. The fourth-order valence-corrected chi connectivity index (χ4v) is 9.69. The first-order valence-electron chi connectivity index (χ1n) is 13.6. The molecule has 0 spiro atoms. The summed E-state index contributed by atoms with van der Waals surface area (Å²) in [7, 11) is 0. The van der Waals surface area contributed by atoms with Gasteiger partial charge in [0.1, 0.15) is 0 Å². The Morgan fingerprint density at radius 1 is 1.06 bits per heavy atom. The van der Waals surface area contributed by atoms with E-state index in [9.17, 15) is 9.59 Å². The molecule has 5 saturated carbocycles. The number of fused-ring (bicyclic) bond motifs is 7. The molecular weight excluding hydrogens is 412 g/mol. The third kappa shape index (κ3) is 3.43. The van der Waals surface area contributed by atoms with Gasteiger partial charge in [-0.3, -0.25) is 9.48 Å². The summed E-state index contributed by atoms with van der Waals surface area (Å²) < 4.78 is 6.73. The van der Waals surface area contributed by atoms with Crippen molar-refractivity contribution < 1.29 is 14.3 Å². The van der Waals surface area contributed by atoms with Crippen LogP contribution in [0.1, 0.15) is 82.5 Å². The van der Waals surface area contributed by atoms with Gasteiger partial charge in [-0.15, -0.1) is 0 Å². The van der Waals surface area contributed by atoms with E-state index < -0.39 is 0 Å². The van der Waals surface area contributed by atoms with Crippen LogP contribution in [0.2, 0.25) is 0 Å². The van der Waals surface area contributed by atoms with Crippen LogP contribution in [0, 0.1) is 58.7 Å². The molecule has 0 N–H and O–H groups in total. The number of hydrogen-bond acceptors (Lipinski definition) is 4. The van der Waals surface area contributed by atoms with Gasteiger partial charge in [-0.1, -0.05) is 20.3 Å². The van der Waals surface area contributed by atoms with Crippen molar-refractivity contribution in [2.24, 2.45) is 58.7 Å². The predicted molar refractivity (Wildman–Crippen MR) is 125 cm³/mol. The highest BCUT2D eigenvalue weighted by molar-refractivity contribution is 5.89. The normalized spacial score (nSPS) is 45.4. The molecule has 0 saturated heterocycles. The molecule has 5 nitrogen and oxygen atoms in total. The number of Topliss-reactive ketones (excluding diaryl/α,β-unsaturated/α-hetero) is 1. The van der Waals surface area contributed by atoms with Crippen molar-refractivity contribution >= 4 is 11.8 Å². The molecule has 1 heterocycles. The van der Waals surface area contributed by atoms with Crippen LogP contribution < -0.4 is 0 Å². The molecular formula is C28H40N2O3. The molecule has 10 atom stereocenters. The van der Waals surface area contributed by atoms with E-state index in [0.29, 0.717) is 23.9 Å². The number of nitrogens with zero attached hydrogens (tertiary/aromatic N) is 2. The van der Waals surface area contributed by atoms with Gasteiger partial charge in [-0.25, -0.2) is 4.79 Å². The number of carbonyl (C=O) groups is 2. The van der Waals surface area contributed by atoms with Gasteiger partial charge >= 0.3 is 5.97 Å². The summed E-state index contributed by atoms with van der Waals surface area (Å²) in [4.78, 5) is 25.7. The molecule has 180 valence electrons. The maximum atomic E-state index is 13.7. The van der Waals surface area contributed by atoms with Gasteiger partial charge in [0.15, 0.2) is 5.78 Å². The van der Waals surface area contributed by atoms with Gasteiger partial charge < -0.3 is 4.74 Å². The summed E-state index contributed by atoms with van der Waals surface area (Å²) >= 11 is 0. The Morgan fingerprint density at radius 3 is 2.70 bits per heavy atom. The Morgan fingerprint density at radius 2 is 1.88 bits per heavy atom. The molecule has 33 heavy (non-hydrogen) atoms. The molecule has 0 aromatic carbocycles. The lowest BCUT2D eigenvalue weighted by Gasteiger charge is -2.57. The van der Waals surface area contributed by atoms with E-state index in [0.717, 1.165) is 41.4 Å². The highest BCUT2D eigenvalue weighted by atomic mass is 16.5. The van der Waals surface area contributed by atoms with Crippen molar-refractivity contribution in [3.8, 4) is 0 Å². The smallest absolute Gasteiger partial charge is 0.341 e. The minimum absolute atomic E-state index is 0.164. The fraction of sp³-hybridized carbons (Fsp3) is 0.821. The van der Waals surface area contributed by atoms with Gasteiger partial charge in [-0.2, -0.15) is 5.10 Å². The molecule has 6 rings (SSSR count). The number of ketones is 1. The number of ether oxygens (including phenoxy) is 1. The maximum Gasteiger partial charge on any atom is 0.341 e. The monoisotopic (exact) mass is 452 g/mol. The summed E-state index contributed by atoms with van der Waals surface area (Å²) in [6.45, 7) is 7.34. The van der Waals surface area contributed by atoms with Crippen LogP contribution >= 0.6 is 0 Å². The van der Waals surface area contributed by atoms with Crippen molar-refractivity contribution in [3.63, 3.8) is 0 Å². The van der Waals surface area contributed by atoms with Gasteiger partial charge in [0.25, 0.3) is 0 Å². The molecule has 0 bridgehead atoms. The second kappa shape index (κ2) is 7.95. The number of rotatable bonds is 5. The zero-order chi connectivity index (χ0) is 22.9. The molecule has 0 amide bonds. The number of esters is 1. The Balaban J connectivity index is 1.18. The van der Waals surface area contributed by atoms with Crippen LogP contribution in [-0.2, 0) is 16.1 Å². The van der Waals surface area contributed by atoms with E-state index in [4.69, 9.17) is 4.74 Å². The van der Waals surface area contributed by atoms with E-state index in [1.54, 1.807) is 17.8 Å². The average molecular weight is 453 g/mol. The first kappa shape index (κ1) is 21.9. The lowest BCUT2D eigenvalue weighted by molar-refractivity contribution is -0.134. The van der Waals surface area contributed by atoms with E-state index in [1.165, 1.54) is 57.6 Å². The van der Waals surface area contributed by atoms with Crippen molar-refractivity contribution in [1.82, 2.24) is 9.78 Å².